The van der Waals surface area contributed by atoms with Gasteiger partial charge in [0.2, 0.25) is 5.91 Å². The molecule has 1 saturated heterocycles. The summed E-state index contributed by atoms with van der Waals surface area (Å²) >= 11 is 10.2. The van der Waals surface area contributed by atoms with Crippen LogP contribution in [0.4, 0.5) is 10.5 Å². The summed E-state index contributed by atoms with van der Waals surface area (Å²) in [7, 11) is 1.46. The molecule has 1 aliphatic heterocycles. The van der Waals surface area contributed by atoms with Crippen LogP contribution in [-0.2, 0) is 14.3 Å². The molecule has 0 aliphatic carbocycles. The van der Waals surface area contributed by atoms with E-state index in [1.165, 1.54) is 31.4 Å². The van der Waals surface area contributed by atoms with Crippen molar-refractivity contribution in [1.29, 1.82) is 0 Å². The van der Waals surface area contributed by atoms with Gasteiger partial charge in [-0.15, -0.1) is 6.42 Å². The molecular formula is C27H24BrClN2O7S. The van der Waals surface area contributed by atoms with Crippen molar-refractivity contribution in [2.45, 2.75) is 19.8 Å². The van der Waals surface area contributed by atoms with Crippen molar-refractivity contribution < 1.29 is 33.4 Å². The first-order valence-corrected chi connectivity index (χ1v) is 13.6. The summed E-state index contributed by atoms with van der Waals surface area (Å²) in [6.45, 7) is 1.64. The minimum Gasteiger partial charge on any atom is -0.493 e. The molecule has 12 heteroatoms. The van der Waals surface area contributed by atoms with Crippen LogP contribution in [-0.4, -0.2) is 54.8 Å². The van der Waals surface area contributed by atoms with E-state index >= 15 is 0 Å². The predicted molar refractivity (Wildman–Crippen MR) is 153 cm³/mol. The highest BCUT2D eigenvalue weighted by Crippen LogP contribution is 2.39. The first-order valence-electron chi connectivity index (χ1n) is 11.6. The topological polar surface area (TPSA) is 111 Å². The average molecular weight is 636 g/mol. The number of esters is 1. The normalized spacial score (nSPS) is 13.8. The Morgan fingerprint density at radius 2 is 2.03 bits per heavy atom. The summed E-state index contributed by atoms with van der Waals surface area (Å²) in [4.78, 5) is 51.6. The summed E-state index contributed by atoms with van der Waals surface area (Å²) in [5.74, 6) is 1.13. The fourth-order valence-corrected chi connectivity index (χ4v) is 4.86. The lowest BCUT2D eigenvalue weighted by atomic mass is 10.1. The van der Waals surface area contributed by atoms with Gasteiger partial charge < -0.3 is 19.5 Å². The predicted octanol–water partition coefficient (Wildman–Crippen LogP) is 5.76. The van der Waals surface area contributed by atoms with Crippen molar-refractivity contribution in [3.05, 3.63) is 55.9 Å². The maximum absolute atomic E-state index is 13.0. The van der Waals surface area contributed by atoms with Gasteiger partial charge in [0.05, 0.1) is 29.2 Å². The van der Waals surface area contributed by atoms with E-state index in [-0.39, 0.29) is 34.4 Å². The summed E-state index contributed by atoms with van der Waals surface area (Å²) < 4.78 is 16.8. The van der Waals surface area contributed by atoms with E-state index in [2.05, 4.69) is 27.2 Å². The van der Waals surface area contributed by atoms with Crippen LogP contribution in [0.5, 0.6) is 11.5 Å². The number of hydrogen-bond donors (Lipinski definition) is 1. The maximum Gasteiger partial charge on any atom is 0.339 e. The number of unbranched alkanes of at least 4 members (excludes halogenated alkanes) is 1. The summed E-state index contributed by atoms with van der Waals surface area (Å²) in [5.41, 5.74) is 0.795. The Bertz CT molecular complexity index is 1370. The molecule has 0 unspecified atom stereocenters. The number of anilines is 1. The molecule has 1 aliphatic rings. The molecule has 3 rings (SSSR count). The fourth-order valence-electron chi connectivity index (χ4n) is 3.38. The molecule has 1 fully saturated rings. The van der Waals surface area contributed by atoms with Gasteiger partial charge in [0, 0.05) is 15.7 Å². The maximum atomic E-state index is 13.0. The number of halogens is 2. The standard InChI is InChI=1S/C27H24BrClN2O7S/c1-4-6-10-38-26(34)19-14-18(7-8-20(19)29)30-23(32)15-31-25(33)22(39-27(31)35)12-16-11-17(28)13-21(36-3)24(16)37-9-5-2/h2,7-8,11-14H,4,6,9-10,15H2,1,3H3,(H,30,32)/b22-12+. The molecule has 2 aromatic rings. The lowest BCUT2D eigenvalue weighted by Gasteiger charge is -2.14. The quantitative estimate of drug-likeness (QED) is 0.144. The molecule has 3 amide bonds. The van der Waals surface area contributed by atoms with Gasteiger partial charge in [0.25, 0.3) is 11.1 Å². The van der Waals surface area contributed by atoms with Crippen molar-refractivity contribution in [3.63, 3.8) is 0 Å². The van der Waals surface area contributed by atoms with E-state index in [4.69, 9.17) is 32.2 Å². The summed E-state index contributed by atoms with van der Waals surface area (Å²) in [5, 5.41) is 2.12. The number of amides is 3. The first-order chi connectivity index (χ1) is 18.7. The molecule has 0 atom stereocenters. The average Bonchev–Trinajstić information content (AvgIpc) is 3.16. The third-order valence-corrected chi connectivity index (χ3v) is 6.93. The Hall–Kier alpha value is -3.46. The Kier molecular flexibility index (Phi) is 10.9. The van der Waals surface area contributed by atoms with E-state index < -0.39 is 29.6 Å². The lowest BCUT2D eigenvalue weighted by molar-refractivity contribution is -0.127. The highest BCUT2D eigenvalue weighted by molar-refractivity contribution is 9.10. The van der Waals surface area contributed by atoms with Gasteiger partial charge in [-0.3, -0.25) is 19.3 Å². The van der Waals surface area contributed by atoms with E-state index in [1.54, 1.807) is 12.1 Å². The first kappa shape index (κ1) is 30.1. The SMILES string of the molecule is C#CCOc1c(/C=C2/SC(=O)N(CC(=O)Nc3ccc(Cl)c(C(=O)OCCCC)c3)C2=O)cc(Br)cc1OC. The van der Waals surface area contributed by atoms with Crippen LogP contribution in [0.2, 0.25) is 5.02 Å². The van der Waals surface area contributed by atoms with E-state index in [0.29, 0.717) is 39.7 Å². The van der Waals surface area contributed by atoms with Crippen LogP contribution in [0, 0.1) is 12.3 Å². The van der Waals surface area contributed by atoms with Crippen molar-refractivity contribution in [2.75, 3.05) is 32.2 Å². The van der Waals surface area contributed by atoms with E-state index in [1.807, 2.05) is 6.92 Å². The number of terminal acetylenes is 1. The minimum atomic E-state index is -0.654. The Balaban J connectivity index is 1.75. The second-order valence-electron chi connectivity index (χ2n) is 8.02. The third kappa shape index (κ3) is 7.79. The molecule has 1 N–H and O–H groups in total. The summed E-state index contributed by atoms with van der Waals surface area (Å²) in [6, 6.07) is 7.67. The number of imide groups is 1. The number of ether oxygens (including phenoxy) is 3. The van der Waals surface area contributed by atoms with Crippen LogP contribution >= 0.6 is 39.3 Å². The highest BCUT2D eigenvalue weighted by atomic mass is 79.9. The number of carbonyl (C=O) groups excluding carboxylic acids is 4. The second kappa shape index (κ2) is 14.1. The number of rotatable bonds is 11. The summed E-state index contributed by atoms with van der Waals surface area (Å²) in [6.07, 6.45) is 8.35. The van der Waals surface area contributed by atoms with E-state index in [9.17, 15) is 19.2 Å². The van der Waals surface area contributed by atoms with Gasteiger partial charge in [-0.25, -0.2) is 4.79 Å². The van der Waals surface area contributed by atoms with Crippen molar-refractivity contribution in [3.8, 4) is 23.8 Å². The smallest absolute Gasteiger partial charge is 0.339 e. The van der Waals surface area contributed by atoms with Gasteiger partial charge >= 0.3 is 5.97 Å². The van der Waals surface area contributed by atoms with E-state index in [0.717, 1.165) is 11.3 Å². The van der Waals surface area contributed by atoms with Crippen molar-refractivity contribution in [2.24, 2.45) is 0 Å². The molecule has 0 bridgehead atoms. The number of methoxy groups -OCH3 is 1. The monoisotopic (exact) mass is 634 g/mol. The van der Waals surface area contributed by atoms with Crippen LogP contribution < -0.4 is 14.8 Å². The number of nitrogens with zero attached hydrogens (tertiary/aromatic N) is 1. The van der Waals surface area contributed by atoms with Crippen LogP contribution in [0.1, 0.15) is 35.7 Å². The second-order valence-corrected chi connectivity index (χ2v) is 10.3. The zero-order valence-corrected chi connectivity index (χ0v) is 24.2. The molecule has 0 spiro atoms. The Morgan fingerprint density at radius 3 is 2.72 bits per heavy atom. The van der Waals surface area contributed by atoms with Crippen LogP contribution in [0.25, 0.3) is 6.08 Å². The minimum absolute atomic E-state index is 0.0383. The molecule has 0 saturated carbocycles. The van der Waals surface area contributed by atoms with Gasteiger partial charge in [-0.05, 0) is 54.6 Å². The molecule has 204 valence electrons. The molecule has 9 nitrogen and oxygen atoms in total. The number of hydrogen-bond acceptors (Lipinski definition) is 8. The van der Waals surface area contributed by atoms with Crippen molar-refractivity contribution in [1.82, 2.24) is 4.90 Å². The van der Waals surface area contributed by atoms with Crippen molar-refractivity contribution >= 4 is 74.1 Å². The largest absolute Gasteiger partial charge is 0.493 e. The number of carbonyl (C=O) groups is 4. The Morgan fingerprint density at radius 1 is 1.26 bits per heavy atom. The fraction of sp³-hybridized carbons (Fsp3) is 0.259. The van der Waals surface area contributed by atoms with Gasteiger partial charge in [-0.1, -0.05) is 46.8 Å². The number of nitrogens with one attached hydrogen (secondary N) is 1. The van der Waals surface area contributed by atoms with Crippen LogP contribution in [0.15, 0.2) is 39.7 Å². The lowest BCUT2D eigenvalue weighted by Crippen LogP contribution is -2.36. The zero-order chi connectivity index (χ0) is 28.5. The molecule has 1 heterocycles. The van der Waals surface area contributed by atoms with Gasteiger partial charge in [-0.2, -0.15) is 0 Å². The molecule has 0 aromatic heterocycles. The number of thioether (sulfide) groups is 1. The van der Waals surface area contributed by atoms with Gasteiger partial charge in [0.15, 0.2) is 11.5 Å². The molecule has 2 aromatic carbocycles. The highest BCUT2D eigenvalue weighted by Gasteiger charge is 2.36. The van der Waals surface area contributed by atoms with Crippen LogP contribution in [0.3, 0.4) is 0 Å². The molecule has 0 radical (unpaired) electrons. The third-order valence-electron chi connectivity index (χ3n) is 5.23. The Labute approximate surface area is 243 Å². The zero-order valence-electron chi connectivity index (χ0n) is 21.0. The van der Waals surface area contributed by atoms with Gasteiger partial charge in [0.1, 0.15) is 13.2 Å². The molecule has 39 heavy (non-hydrogen) atoms. The molecular weight excluding hydrogens is 612 g/mol. The number of benzene rings is 2.